The highest BCUT2D eigenvalue weighted by Gasteiger charge is 2.08. The lowest BCUT2D eigenvalue weighted by molar-refractivity contribution is -0.114. The minimum atomic E-state index is -0.128. The van der Waals surface area contributed by atoms with Gasteiger partial charge < -0.3 is 5.32 Å². The van der Waals surface area contributed by atoms with Crippen molar-refractivity contribution in [3.05, 3.63) is 42.2 Å². The number of nitrogens with one attached hydrogen (secondary N) is 1. The van der Waals surface area contributed by atoms with E-state index in [1.54, 1.807) is 23.7 Å². The second-order valence-electron chi connectivity index (χ2n) is 4.49. The fourth-order valence-corrected chi connectivity index (χ4v) is 2.90. The van der Waals surface area contributed by atoms with Gasteiger partial charge in [-0.1, -0.05) is 5.92 Å². The van der Waals surface area contributed by atoms with Gasteiger partial charge in [0, 0.05) is 24.2 Å². The lowest BCUT2D eigenvalue weighted by atomic mass is 10.2. The Labute approximate surface area is 125 Å². The predicted octanol–water partition coefficient (Wildman–Crippen LogP) is 3.30. The Balaban J connectivity index is 2.04. The molecule has 0 radical (unpaired) electrons. The van der Waals surface area contributed by atoms with Crippen molar-refractivity contribution in [2.75, 3.05) is 5.32 Å². The number of benzene rings is 1. The number of hydrogen-bond donors (Lipinski definition) is 1. The van der Waals surface area contributed by atoms with Gasteiger partial charge in [0.25, 0.3) is 0 Å². The summed E-state index contributed by atoms with van der Waals surface area (Å²) in [6.07, 6.45) is 8.73. The maximum atomic E-state index is 11.1. The molecule has 1 N–H and O–H groups in total. The maximum absolute atomic E-state index is 11.1. The summed E-state index contributed by atoms with van der Waals surface area (Å²) >= 11 is 1.56. The lowest BCUT2D eigenvalue weighted by Crippen LogP contribution is -2.05. The molecule has 0 bridgehead atoms. The van der Waals surface area contributed by atoms with Crippen LogP contribution < -0.4 is 5.32 Å². The Morgan fingerprint density at radius 3 is 2.95 bits per heavy atom. The molecule has 0 saturated heterocycles. The van der Waals surface area contributed by atoms with Gasteiger partial charge >= 0.3 is 0 Å². The quantitative estimate of drug-likeness (QED) is 0.738. The fourth-order valence-electron chi connectivity index (χ4n) is 1.97. The number of pyridine rings is 1. The molecule has 0 aliphatic heterocycles. The summed E-state index contributed by atoms with van der Waals surface area (Å²) < 4.78 is 1.06. The summed E-state index contributed by atoms with van der Waals surface area (Å²) in [5.74, 6) is 2.48. The van der Waals surface area contributed by atoms with Crippen LogP contribution in [-0.2, 0) is 4.79 Å². The first-order chi connectivity index (χ1) is 10.2. The minimum absolute atomic E-state index is 0.128. The highest BCUT2D eigenvalue weighted by molar-refractivity contribution is 7.21. The maximum Gasteiger partial charge on any atom is 0.221 e. The van der Waals surface area contributed by atoms with Crippen LogP contribution in [0.4, 0.5) is 5.69 Å². The normalized spacial score (nSPS) is 10.3. The Morgan fingerprint density at radius 2 is 2.19 bits per heavy atom. The van der Waals surface area contributed by atoms with Gasteiger partial charge in [-0.2, -0.15) is 0 Å². The highest BCUT2D eigenvalue weighted by atomic mass is 32.1. The number of terminal acetylenes is 1. The Hall–Kier alpha value is -2.71. The lowest BCUT2D eigenvalue weighted by Gasteiger charge is -2.02. The molecule has 0 aliphatic carbocycles. The standard InChI is InChI=1S/C16H11N3OS/c1-3-11-4-5-15-14(6-11)19-16(21-15)12-7-13(9-17-8-12)18-10(2)20/h1,4-9H,2H3,(H,18,20). The molecule has 21 heavy (non-hydrogen) atoms. The van der Waals surface area contributed by atoms with E-state index in [1.165, 1.54) is 6.92 Å². The van der Waals surface area contributed by atoms with E-state index < -0.39 is 0 Å². The van der Waals surface area contributed by atoms with E-state index in [9.17, 15) is 4.79 Å². The van der Waals surface area contributed by atoms with Gasteiger partial charge in [0.15, 0.2) is 0 Å². The summed E-state index contributed by atoms with van der Waals surface area (Å²) in [6.45, 7) is 1.46. The van der Waals surface area contributed by atoms with Gasteiger partial charge in [0.1, 0.15) is 5.01 Å². The van der Waals surface area contributed by atoms with Crippen molar-refractivity contribution in [2.24, 2.45) is 0 Å². The number of thiazole rings is 1. The van der Waals surface area contributed by atoms with Crippen molar-refractivity contribution in [1.82, 2.24) is 9.97 Å². The number of hydrogen-bond acceptors (Lipinski definition) is 4. The van der Waals surface area contributed by atoms with Gasteiger partial charge in [0.2, 0.25) is 5.91 Å². The number of amides is 1. The van der Waals surface area contributed by atoms with Crippen LogP contribution in [-0.4, -0.2) is 15.9 Å². The van der Waals surface area contributed by atoms with E-state index in [2.05, 4.69) is 21.2 Å². The number of fused-ring (bicyclic) bond motifs is 1. The van der Waals surface area contributed by atoms with Gasteiger partial charge in [-0.25, -0.2) is 4.98 Å². The third-order valence-electron chi connectivity index (χ3n) is 2.86. The topological polar surface area (TPSA) is 54.9 Å². The molecule has 1 aromatic carbocycles. The predicted molar refractivity (Wildman–Crippen MR) is 85.1 cm³/mol. The van der Waals surface area contributed by atoms with Crippen molar-refractivity contribution in [1.29, 1.82) is 0 Å². The van der Waals surface area contributed by atoms with Crippen LogP contribution in [0, 0.1) is 12.3 Å². The zero-order chi connectivity index (χ0) is 14.8. The second kappa shape index (κ2) is 5.35. The molecule has 3 rings (SSSR count). The second-order valence-corrected chi connectivity index (χ2v) is 5.52. The van der Waals surface area contributed by atoms with Crippen LogP contribution in [0.15, 0.2) is 36.7 Å². The Morgan fingerprint density at radius 1 is 1.33 bits per heavy atom. The number of nitrogens with zero attached hydrogens (tertiary/aromatic N) is 2. The summed E-state index contributed by atoms with van der Waals surface area (Å²) in [7, 11) is 0. The average Bonchev–Trinajstić information content (AvgIpc) is 2.89. The van der Waals surface area contributed by atoms with E-state index in [1.807, 2.05) is 24.3 Å². The van der Waals surface area contributed by atoms with Crippen LogP contribution in [0.3, 0.4) is 0 Å². The number of aromatic nitrogens is 2. The van der Waals surface area contributed by atoms with Crippen molar-refractivity contribution >= 4 is 33.1 Å². The SMILES string of the molecule is C#Cc1ccc2sc(-c3cncc(NC(C)=O)c3)nc2c1. The molecule has 4 nitrogen and oxygen atoms in total. The average molecular weight is 293 g/mol. The summed E-state index contributed by atoms with van der Waals surface area (Å²) in [5, 5.41) is 3.56. The van der Waals surface area contributed by atoms with Crippen molar-refractivity contribution < 1.29 is 4.79 Å². The van der Waals surface area contributed by atoms with E-state index in [-0.39, 0.29) is 5.91 Å². The summed E-state index contributed by atoms with van der Waals surface area (Å²) in [5.41, 5.74) is 3.20. The van der Waals surface area contributed by atoms with Gasteiger partial charge in [-0.3, -0.25) is 9.78 Å². The molecule has 3 aromatic rings. The van der Waals surface area contributed by atoms with Gasteiger partial charge in [0.05, 0.1) is 22.1 Å². The number of carbonyl (C=O) groups is 1. The molecule has 2 heterocycles. The number of carbonyl (C=O) groups excluding carboxylic acids is 1. The largest absolute Gasteiger partial charge is 0.325 e. The molecule has 0 spiro atoms. The van der Waals surface area contributed by atoms with Crippen LogP contribution in [0.1, 0.15) is 12.5 Å². The van der Waals surface area contributed by atoms with Gasteiger partial charge in [-0.15, -0.1) is 17.8 Å². The van der Waals surface area contributed by atoms with E-state index in [4.69, 9.17) is 6.42 Å². The first-order valence-corrected chi connectivity index (χ1v) is 7.07. The molecule has 0 unspecified atom stereocenters. The van der Waals surface area contributed by atoms with Crippen LogP contribution in [0.2, 0.25) is 0 Å². The summed E-state index contributed by atoms with van der Waals surface area (Å²) in [6, 6.07) is 7.61. The minimum Gasteiger partial charge on any atom is -0.325 e. The number of anilines is 1. The van der Waals surface area contributed by atoms with E-state index >= 15 is 0 Å². The molecule has 2 aromatic heterocycles. The molecule has 1 amide bonds. The Bertz CT molecular complexity index is 877. The van der Waals surface area contributed by atoms with Gasteiger partial charge in [-0.05, 0) is 24.3 Å². The molecular formula is C16H11N3OS. The van der Waals surface area contributed by atoms with Crippen molar-refractivity contribution in [3.8, 4) is 22.9 Å². The molecular weight excluding hydrogens is 282 g/mol. The molecule has 0 saturated carbocycles. The van der Waals surface area contributed by atoms with Crippen molar-refractivity contribution in [3.63, 3.8) is 0 Å². The Kier molecular flexibility index (Phi) is 3.38. The highest BCUT2D eigenvalue weighted by Crippen LogP contribution is 2.31. The molecule has 5 heteroatoms. The summed E-state index contributed by atoms with van der Waals surface area (Å²) in [4.78, 5) is 19.8. The zero-order valence-electron chi connectivity index (χ0n) is 11.3. The van der Waals surface area contributed by atoms with E-state index in [0.717, 1.165) is 26.4 Å². The van der Waals surface area contributed by atoms with Crippen LogP contribution in [0.25, 0.3) is 20.8 Å². The molecule has 0 aliphatic rings. The number of rotatable bonds is 2. The molecule has 0 atom stereocenters. The van der Waals surface area contributed by atoms with Crippen molar-refractivity contribution in [2.45, 2.75) is 6.92 Å². The fraction of sp³-hybridized carbons (Fsp3) is 0.0625. The smallest absolute Gasteiger partial charge is 0.221 e. The first-order valence-electron chi connectivity index (χ1n) is 6.26. The first kappa shape index (κ1) is 13.3. The van der Waals surface area contributed by atoms with Crippen LogP contribution in [0.5, 0.6) is 0 Å². The third-order valence-corrected chi connectivity index (χ3v) is 3.95. The van der Waals surface area contributed by atoms with E-state index in [0.29, 0.717) is 5.69 Å². The third kappa shape index (κ3) is 2.76. The molecule has 0 fully saturated rings. The molecule has 102 valence electrons. The monoisotopic (exact) mass is 293 g/mol. The zero-order valence-corrected chi connectivity index (χ0v) is 12.1. The van der Waals surface area contributed by atoms with Crippen LogP contribution >= 0.6 is 11.3 Å².